The topological polar surface area (TPSA) is 38.3 Å². The number of amides is 1. The molecule has 3 nitrogen and oxygen atoms in total. The summed E-state index contributed by atoms with van der Waals surface area (Å²) in [5.74, 6) is 0. The summed E-state index contributed by atoms with van der Waals surface area (Å²) in [5, 5.41) is 5.97. The summed E-state index contributed by atoms with van der Waals surface area (Å²) in [5.41, 5.74) is 2.65. The maximum atomic E-state index is 11.6. The van der Waals surface area contributed by atoms with Gasteiger partial charge in [-0.1, -0.05) is 26.7 Å². The van der Waals surface area contributed by atoms with Crippen molar-refractivity contribution in [1.82, 2.24) is 0 Å². The number of rotatable bonds is 6. The number of hydrogen-bond donors (Lipinski definition) is 1. The second-order valence-corrected chi connectivity index (χ2v) is 5.53. The van der Waals surface area contributed by atoms with Crippen molar-refractivity contribution in [3.8, 4) is 0 Å². The highest BCUT2D eigenvalue weighted by atomic mass is 32.1. The van der Waals surface area contributed by atoms with Gasteiger partial charge < -0.3 is 4.74 Å². The normalized spacial score (nSPS) is 10.7. The average molecular weight is 269 g/mol. The van der Waals surface area contributed by atoms with E-state index in [9.17, 15) is 4.79 Å². The van der Waals surface area contributed by atoms with E-state index in [0.717, 1.165) is 30.7 Å². The van der Waals surface area contributed by atoms with Crippen LogP contribution in [0.5, 0.6) is 0 Å². The number of anilines is 1. The number of hydrogen-bond acceptors (Lipinski definition) is 3. The first-order chi connectivity index (χ1) is 8.58. The number of aryl methyl sites for hydroxylation is 1. The van der Waals surface area contributed by atoms with E-state index in [1.165, 1.54) is 11.1 Å². The largest absolute Gasteiger partial charge is 0.447 e. The van der Waals surface area contributed by atoms with Crippen LogP contribution in [0.2, 0.25) is 0 Å². The summed E-state index contributed by atoms with van der Waals surface area (Å²) in [6, 6.07) is 0. The van der Waals surface area contributed by atoms with Crippen LogP contribution in [-0.2, 0) is 17.6 Å². The van der Waals surface area contributed by atoms with Crippen LogP contribution in [0.3, 0.4) is 0 Å². The van der Waals surface area contributed by atoms with Crippen molar-refractivity contribution in [2.45, 2.75) is 59.5 Å². The molecule has 1 amide bonds. The van der Waals surface area contributed by atoms with Gasteiger partial charge in [0.05, 0.1) is 6.10 Å². The highest BCUT2D eigenvalue weighted by Gasteiger charge is 2.14. The fourth-order valence-electron chi connectivity index (χ4n) is 1.86. The molecule has 0 radical (unpaired) electrons. The Balaban J connectivity index is 2.78. The van der Waals surface area contributed by atoms with E-state index in [1.54, 1.807) is 11.3 Å². The van der Waals surface area contributed by atoms with Gasteiger partial charge in [0.1, 0.15) is 5.00 Å². The number of carbonyl (C=O) groups is 1. The highest BCUT2D eigenvalue weighted by molar-refractivity contribution is 7.14. The molecule has 0 saturated carbocycles. The Labute approximate surface area is 114 Å². The van der Waals surface area contributed by atoms with Crippen LogP contribution in [-0.4, -0.2) is 12.2 Å². The van der Waals surface area contributed by atoms with Crippen LogP contribution < -0.4 is 5.32 Å². The summed E-state index contributed by atoms with van der Waals surface area (Å²) in [6.07, 6.45) is 3.86. The molecule has 0 spiro atoms. The molecule has 0 unspecified atom stereocenters. The second kappa shape index (κ2) is 7.41. The van der Waals surface area contributed by atoms with Gasteiger partial charge in [-0.05, 0) is 43.2 Å². The van der Waals surface area contributed by atoms with Crippen LogP contribution in [0.4, 0.5) is 9.80 Å². The van der Waals surface area contributed by atoms with Crippen LogP contribution in [0.1, 0.15) is 51.7 Å². The molecule has 0 aliphatic carbocycles. The molecule has 0 atom stereocenters. The van der Waals surface area contributed by atoms with Crippen molar-refractivity contribution in [3.05, 3.63) is 16.5 Å². The second-order valence-electron chi connectivity index (χ2n) is 4.65. The molecule has 1 aromatic heterocycles. The lowest BCUT2D eigenvalue weighted by Gasteiger charge is -2.10. The van der Waals surface area contributed by atoms with Crippen molar-refractivity contribution in [2.24, 2.45) is 0 Å². The minimum absolute atomic E-state index is 0.0882. The Morgan fingerprint density at radius 2 is 2.00 bits per heavy atom. The lowest BCUT2D eigenvalue weighted by atomic mass is 10.0. The quantitative estimate of drug-likeness (QED) is 0.819. The Hall–Kier alpha value is -1.03. The van der Waals surface area contributed by atoms with Crippen LogP contribution in [0, 0.1) is 0 Å². The van der Waals surface area contributed by atoms with E-state index < -0.39 is 0 Å². The van der Waals surface area contributed by atoms with Gasteiger partial charge in [0, 0.05) is 0 Å². The van der Waals surface area contributed by atoms with Gasteiger partial charge in [-0.15, -0.1) is 11.3 Å². The van der Waals surface area contributed by atoms with E-state index in [1.807, 2.05) is 13.8 Å². The van der Waals surface area contributed by atoms with Gasteiger partial charge >= 0.3 is 6.09 Å². The molecule has 1 N–H and O–H groups in total. The number of nitrogens with one attached hydrogen (secondary N) is 1. The predicted molar refractivity (Wildman–Crippen MR) is 77.5 cm³/mol. The van der Waals surface area contributed by atoms with Crippen LogP contribution in [0.25, 0.3) is 0 Å². The fraction of sp³-hybridized carbons (Fsp3) is 0.643. The molecule has 0 saturated heterocycles. The summed E-state index contributed by atoms with van der Waals surface area (Å²) in [4.78, 5) is 11.6. The zero-order chi connectivity index (χ0) is 13.5. The molecule has 1 aromatic rings. The van der Waals surface area contributed by atoms with E-state index in [2.05, 4.69) is 24.5 Å². The zero-order valence-electron chi connectivity index (χ0n) is 11.7. The molecule has 1 rings (SSSR count). The van der Waals surface area contributed by atoms with Gasteiger partial charge in [0.15, 0.2) is 0 Å². The number of thiophene rings is 1. The van der Waals surface area contributed by atoms with E-state index >= 15 is 0 Å². The third-order valence-electron chi connectivity index (χ3n) is 2.56. The summed E-state index contributed by atoms with van der Waals surface area (Å²) < 4.78 is 5.11. The maximum absolute atomic E-state index is 11.6. The zero-order valence-corrected chi connectivity index (χ0v) is 12.5. The van der Waals surface area contributed by atoms with E-state index in [4.69, 9.17) is 4.74 Å². The third-order valence-corrected chi connectivity index (χ3v) is 3.54. The lowest BCUT2D eigenvalue weighted by Crippen LogP contribution is -2.18. The van der Waals surface area contributed by atoms with Gasteiger partial charge in [-0.2, -0.15) is 0 Å². The average Bonchev–Trinajstić information content (AvgIpc) is 2.62. The molecule has 0 aliphatic rings. The minimum atomic E-state index is -0.354. The molecule has 0 fully saturated rings. The Kier molecular flexibility index (Phi) is 6.19. The molecule has 4 heteroatoms. The van der Waals surface area contributed by atoms with Gasteiger partial charge in [-0.25, -0.2) is 4.79 Å². The summed E-state index contributed by atoms with van der Waals surface area (Å²) in [6.45, 7) is 8.03. The van der Waals surface area contributed by atoms with Crippen molar-refractivity contribution in [3.63, 3.8) is 0 Å². The monoisotopic (exact) mass is 269 g/mol. The molecule has 0 aliphatic heterocycles. The maximum Gasteiger partial charge on any atom is 0.412 e. The standard InChI is InChI=1S/C14H23NO2S/c1-5-7-11-9-18-13(12(11)8-6-2)15-14(16)17-10(3)4/h9-10H,5-8H2,1-4H3,(H,15,16). The number of carbonyl (C=O) groups excluding carboxylic acids is 1. The predicted octanol–water partition coefficient (Wildman–Crippen LogP) is 4.61. The number of ether oxygens (including phenoxy) is 1. The van der Waals surface area contributed by atoms with E-state index in [-0.39, 0.29) is 12.2 Å². The SMILES string of the molecule is CCCc1csc(NC(=O)OC(C)C)c1CCC. The molecule has 102 valence electrons. The Morgan fingerprint density at radius 3 is 2.56 bits per heavy atom. The third kappa shape index (κ3) is 4.33. The molecular weight excluding hydrogens is 246 g/mol. The molecule has 18 heavy (non-hydrogen) atoms. The van der Waals surface area contributed by atoms with Crippen molar-refractivity contribution in [2.75, 3.05) is 5.32 Å². The van der Waals surface area contributed by atoms with Crippen molar-refractivity contribution in [1.29, 1.82) is 0 Å². The van der Waals surface area contributed by atoms with Gasteiger partial charge in [-0.3, -0.25) is 5.32 Å². The van der Waals surface area contributed by atoms with Crippen LogP contribution in [0.15, 0.2) is 5.38 Å². The van der Waals surface area contributed by atoms with Crippen LogP contribution >= 0.6 is 11.3 Å². The first kappa shape index (κ1) is 15.0. The first-order valence-electron chi connectivity index (χ1n) is 6.65. The first-order valence-corrected chi connectivity index (χ1v) is 7.53. The Morgan fingerprint density at radius 1 is 1.33 bits per heavy atom. The Bertz CT molecular complexity index is 385. The van der Waals surface area contributed by atoms with E-state index in [0.29, 0.717) is 0 Å². The summed E-state index contributed by atoms with van der Waals surface area (Å²) in [7, 11) is 0. The molecule has 0 aromatic carbocycles. The summed E-state index contributed by atoms with van der Waals surface area (Å²) >= 11 is 1.60. The van der Waals surface area contributed by atoms with Gasteiger partial charge in [0.25, 0.3) is 0 Å². The highest BCUT2D eigenvalue weighted by Crippen LogP contribution is 2.30. The minimum Gasteiger partial charge on any atom is -0.447 e. The smallest absolute Gasteiger partial charge is 0.412 e. The fourth-order valence-corrected chi connectivity index (χ4v) is 2.90. The molecular formula is C14H23NO2S. The molecule has 0 bridgehead atoms. The van der Waals surface area contributed by atoms with Crippen molar-refractivity contribution < 1.29 is 9.53 Å². The van der Waals surface area contributed by atoms with Crippen molar-refractivity contribution >= 4 is 22.4 Å². The lowest BCUT2D eigenvalue weighted by molar-refractivity contribution is 0.130. The van der Waals surface area contributed by atoms with Gasteiger partial charge in [0.2, 0.25) is 0 Å². The molecule has 1 heterocycles.